The molecule has 2 saturated heterocycles. The Kier molecular flexibility index (Phi) is 5.81. The molecule has 2 aliphatic rings. The zero-order chi connectivity index (χ0) is 14.5. The topological polar surface area (TPSA) is 53.0 Å². The molecule has 2 atom stereocenters. The molecule has 2 unspecified atom stereocenters. The largest absolute Gasteiger partial charge is 0.480 e. The van der Waals surface area contributed by atoms with Gasteiger partial charge in [-0.25, -0.2) is 0 Å². The van der Waals surface area contributed by atoms with Gasteiger partial charge in [0.15, 0.2) is 0 Å². The van der Waals surface area contributed by atoms with Gasteiger partial charge in [-0.2, -0.15) is 0 Å². The van der Waals surface area contributed by atoms with Gasteiger partial charge in [0.05, 0.1) is 6.61 Å². The van der Waals surface area contributed by atoms with E-state index in [1.54, 1.807) is 7.11 Å². The van der Waals surface area contributed by atoms with Crippen molar-refractivity contribution in [2.24, 2.45) is 0 Å². The van der Waals surface area contributed by atoms with E-state index in [1.807, 2.05) is 0 Å². The Labute approximate surface area is 121 Å². The Bertz CT molecular complexity index is 316. The molecule has 0 radical (unpaired) electrons. The summed E-state index contributed by atoms with van der Waals surface area (Å²) in [5, 5.41) is 9.29. The van der Waals surface area contributed by atoms with Gasteiger partial charge < -0.3 is 9.84 Å². The highest BCUT2D eigenvalue weighted by Gasteiger charge is 2.37. The average Bonchev–Trinajstić information content (AvgIpc) is 2.94. The molecular formula is C15H28N2O3. The fourth-order valence-electron chi connectivity index (χ4n) is 3.75. The lowest BCUT2D eigenvalue weighted by atomic mass is 10.00. The lowest BCUT2D eigenvalue weighted by molar-refractivity contribution is -0.143. The molecule has 5 heteroatoms. The summed E-state index contributed by atoms with van der Waals surface area (Å²) in [6, 6.07) is 0.720. The first-order valence-corrected chi connectivity index (χ1v) is 7.88. The van der Waals surface area contributed by atoms with Crippen LogP contribution in [0.15, 0.2) is 0 Å². The van der Waals surface area contributed by atoms with E-state index < -0.39 is 5.97 Å². The zero-order valence-corrected chi connectivity index (χ0v) is 12.8. The first kappa shape index (κ1) is 15.7. The fraction of sp³-hybridized carbons (Fsp3) is 0.933. The van der Waals surface area contributed by atoms with Gasteiger partial charge in [0.25, 0.3) is 0 Å². The second kappa shape index (κ2) is 7.38. The van der Waals surface area contributed by atoms with Crippen LogP contribution >= 0.6 is 0 Å². The first-order chi connectivity index (χ1) is 9.67. The minimum absolute atomic E-state index is 0.243. The minimum Gasteiger partial charge on any atom is -0.480 e. The number of rotatable bonds is 6. The Morgan fingerprint density at radius 3 is 2.55 bits per heavy atom. The molecule has 2 aliphatic heterocycles. The molecule has 0 aliphatic carbocycles. The molecule has 116 valence electrons. The maximum Gasteiger partial charge on any atom is 0.320 e. The number of piperidine rings is 1. The van der Waals surface area contributed by atoms with Crippen molar-refractivity contribution in [1.82, 2.24) is 9.80 Å². The molecule has 2 heterocycles. The molecule has 0 saturated carbocycles. The average molecular weight is 284 g/mol. The molecular weight excluding hydrogens is 256 g/mol. The van der Waals surface area contributed by atoms with E-state index in [0.717, 1.165) is 58.3 Å². The van der Waals surface area contributed by atoms with Crippen molar-refractivity contribution >= 4 is 5.97 Å². The van der Waals surface area contributed by atoms with Crippen LogP contribution in [0.25, 0.3) is 0 Å². The molecule has 1 N–H and O–H groups in total. The van der Waals surface area contributed by atoms with Crippen LogP contribution in [0.5, 0.6) is 0 Å². The van der Waals surface area contributed by atoms with Crippen LogP contribution in [-0.4, -0.2) is 72.4 Å². The molecule has 20 heavy (non-hydrogen) atoms. The summed E-state index contributed by atoms with van der Waals surface area (Å²) in [7, 11) is 1.76. The van der Waals surface area contributed by atoms with Crippen LogP contribution in [0.3, 0.4) is 0 Å². The third-order valence-electron chi connectivity index (χ3n) is 4.89. The Balaban J connectivity index is 1.86. The van der Waals surface area contributed by atoms with Gasteiger partial charge in [-0.1, -0.05) is 6.92 Å². The molecule has 0 aromatic rings. The molecule has 2 fully saturated rings. The highest BCUT2D eigenvalue weighted by atomic mass is 16.5. The SMILES string of the molecule is CCC(COC)N1CCC(N2CCCC2C(=O)O)CC1. The van der Waals surface area contributed by atoms with Crippen LogP contribution in [0.1, 0.15) is 39.0 Å². The maximum atomic E-state index is 11.3. The summed E-state index contributed by atoms with van der Waals surface area (Å²) < 4.78 is 5.29. The number of hydrogen-bond donors (Lipinski definition) is 1. The standard InChI is InChI=1S/C15H28N2O3/c1-3-12(11-20-2)16-9-6-13(7-10-16)17-8-4-5-14(17)15(18)19/h12-14H,3-11H2,1-2H3,(H,18,19). The number of likely N-dealkylation sites (tertiary alicyclic amines) is 2. The van der Waals surface area contributed by atoms with E-state index in [9.17, 15) is 9.90 Å². The smallest absolute Gasteiger partial charge is 0.320 e. The highest BCUT2D eigenvalue weighted by molar-refractivity contribution is 5.73. The minimum atomic E-state index is -0.643. The van der Waals surface area contributed by atoms with Crippen molar-refractivity contribution in [2.45, 2.75) is 57.2 Å². The van der Waals surface area contributed by atoms with Crippen molar-refractivity contribution in [3.05, 3.63) is 0 Å². The number of aliphatic carboxylic acids is 1. The van der Waals surface area contributed by atoms with E-state index in [0.29, 0.717) is 12.1 Å². The number of carboxylic acids is 1. The normalized spacial score (nSPS) is 27.8. The van der Waals surface area contributed by atoms with Gasteiger partial charge >= 0.3 is 5.97 Å². The van der Waals surface area contributed by atoms with Crippen LogP contribution in [0, 0.1) is 0 Å². The van der Waals surface area contributed by atoms with Gasteiger partial charge in [-0.15, -0.1) is 0 Å². The summed E-state index contributed by atoms with van der Waals surface area (Å²) in [4.78, 5) is 16.0. The third kappa shape index (κ3) is 3.51. The van der Waals surface area contributed by atoms with Gasteiger partial charge in [0.1, 0.15) is 6.04 Å². The first-order valence-electron chi connectivity index (χ1n) is 7.88. The maximum absolute atomic E-state index is 11.3. The highest BCUT2D eigenvalue weighted by Crippen LogP contribution is 2.27. The summed E-state index contributed by atoms with van der Waals surface area (Å²) in [6.07, 6.45) is 5.13. The predicted molar refractivity (Wildman–Crippen MR) is 77.9 cm³/mol. The Morgan fingerprint density at radius 2 is 2.00 bits per heavy atom. The summed E-state index contributed by atoms with van der Waals surface area (Å²) in [5.41, 5.74) is 0. The van der Waals surface area contributed by atoms with Gasteiger partial charge in [-0.05, 0) is 38.6 Å². The Morgan fingerprint density at radius 1 is 1.30 bits per heavy atom. The molecule has 2 rings (SSSR count). The second-order valence-electron chi connectivity index (χ2n) is 6.02. The molecule has 0 aromatic carbocycles. The van der Waals surface area contributed by atoms with E-state index in [4.69, 9.17) is 4.74 Å². The van der Waals surface area contributed by atoms with E-state index >= 15 is 0 Å². The predicted octanol–water partition coefficient (Wildman–Crippen LogP) is 1.42. The number of carboxylic acid groups (broad SMARTS) is 1. The van der Waals surface area contributed by atoms with Gasteiger partial charge in [-0.3, -0.25) is 14.6 Å². The van der Waals surface area contributed by atoms with E-state index in [1.165, 1.54) is 0 Å². The summed E-state index contributed by atoms with van der Waals surface area (Å²) in [5.74, 6) is -0.643. The number of carbonyl (C=O) groups is 1. The molecule has 0 bridgehead atoms. The molecule has 0 amide bonds. The Hall–Kier alpha value is -0.650. The van der Waals surface area contributed by atoms with E-state index in [2.05, 4.69) is 16.7 Å². The quantitative estimate of drug-likeness (QED) is 0.799. The monoisotopic (exact) mass is 284 g/mol. The second-order valence-corrected chi connectivity index (χ2v) is 6.02. The number of ether oxygens (including phenoxy) is 1. The van der Waals surface area contributed by atoms with Crippen molar-refractivity contribution in [2.75, 3.05) is 33.4 Å². The zero-order valence-electron chi connectivity index (χ0n) is 12.8. The van der Waals surface area contributed by atoms with Crippen molar-refractivity contribution in [3.63, 3.8) is 0 Å². The third-order valence-corrected chi connectivity index (χ3v) is 4.89. The van der Waals surface area contributed by atoms with Crippen LogP contribution in [0.4, 0.5) is 0 Å². The summed E-state index contributed by atoms with van der Waals surface area (Å²) >= 11 is 0. The van der Waals surface area contributed by atoms with E-state index in [-0.39, 0.29) is 6.04 Å². The van der Waals surface area contributed by atoms with Gasteiger partial charge in [0, 0.05) is 32.3 Å². The number of nitrogens with zero attached hydrogens (tertiary/aromatic N) is 2. The lowest BCUT2D eigenvalue weighted by Crippen LogP contribution is -2.51. The molecule has 5 nitrogen and oxygen atoms in total. The van der Waals surface area contributed by atoms with Crippen LogP contribution < -0.4 is 0 Å². The van der Waals surface area contributed by atoms with Crippen molar-refractivity contribution < 1.29 is 14.6 Å². The van der Waals surface area contributed by atoms with Gasteiger partial charge in [0.2, 0.25) is 0 Å². The fourth-order valence-corrected chi connectivity index (χ4v) is 3.75. The molecule has 0 aromatic heterocycles. The molecule has 0 spiro atoms. The summed E-state index contributed by atoms with van der Waals surface area (Å²) in [6.45, 7) is 6.08. The van der Waals surface area contributed by atoms with Crippen LogP contribution in [0.2, 0.25) is 0 Å². The van der Waals surface area contributed by atoms with Crippen LogP contribution in [-0.2, 0) is 9.53 Å². The van der Waals surface area contributed by atoms with Crippen molar-refractivity contribution in [1.29, 1.82) is 0 Å². The lowest BCUT2D eigenvalue weighted by Gasteiger charge is -2.41. The number of methoxy groups -OCH3 is 1. The van der Waals surface area contributed by atoms with Crippen molar-refractivity contribution in [3.8, 4) is 0 Å². The number of hydrogen-bond acceptors (Lipinski definition) is 4.